The number of amides is 1. The summed E-state index contributed by atoms with van der Waals surface area (Å²) in [5, 5.41) is 17.7. The second kappa shape index (κ2) is 7.56. The van der Waals surface area contributed by atoms with Gasteiger partial charge in [0.25, 0.3) is 0 Å². The van der Waals surface area contributed by atoms with Gasteiger partial charge in [-0.1, -0.05) is 47.3 Å². The van der Waals surface area contributed by atoms with Crippen LogP contribution in [0.1, 0.15) is 18.3 Å². The third-order valence-corrected chi connectivity index (χ3v) is 6.44. The molecule has 0 saturated carbocycles. The van der Waals surface area contributed by atoms with Crippen molar-refractivity contribution in [2.75, 3.05) is 10.7 Å². The molecule has 1 amide bonds. The van der Waals surface area contributed by atoms with Gasteiger partial charge < -0.3 is 9.47 Å². The highest BCUT2D eigenvalue weighted by molar-refractivity contribution is 7.99. The summed E-state index contributed by atoms with van der Waals surface area (Å²) >= 11 is 1.41. The van der Waals surface area contributed by atoms with E-state index in [0.717, 1.165) is 29.0 Å². The van der Waals surface area contributed by atoms with Gasteiger partial charge in [-0.2, -0.15) is 0 Å². The van der Waals surface area contributed by atoms with Crippen molar-refractivity contribution in [2.24, 2.45) is 7.05 Å². The van der Waals surface area contributed by atoms with Gasteiger partial charge >= 0.3 is 0 Å². The van der Waals surface area contributed by atoms with Gasteiger partial charge in [-0.3, -0.25) is 4.79 Å². The molecule has 8 nitrogen and oxygen atoms in total. The van der Waals surface area contributed by atoms with Crippen LogP contribution in [0, 0.1) is 0 Å². The molecule has 0 bridgehead atoms. The predicted molar refractivity (Wildman–Crippen MR) is 115 cm³/mol. The van der Waals surface area contributed by atoms with E-state index in [2.05, 4.69) is 33.5 Å². The van der Waals surface area contributed by atoms with E-state index in [1.165, 1.54) is 17.3 Å². The summed E-state index contributed by atoms with van der Waals surface area (Å²) in [6.45, 7) is 2.56. The molecule has 0 spiro atoms. The van der Waals surface area contributed by atoms with E-state index in [9.17, 15) is 4.79 Å². The minimum Gasteiger partial charge on any atom is -0.308 e. The molecule has 0 aliphatic carbocycles. The van der Waals surface area contributed by atoms with Crippen molar-refractivity contribution >= 4 is 34.4 Å². The monoisotopic (exact) mass is 419 g/mol. The maximum absolute atomic E-state index is 12.9. The van der Waals surface area contributed by atoms with E-state index < -0.39 is 0 Å². The lowest BCUT2D eigenvalue weighted by Crippen LogP contribution is -2.37. The number of hydrogen-bond donors (Lipinski definition) is 0. The van der Waals surface area contributed by atoms with Gasteiger partial charge in [0.15, 0.2) is 11.0 Å². The number of benzene rings is 2. The molecule has 0 fully saturated rings. The first-order valence-electron chi connectivity index (χ1n) is 9.81. The number of aromatic nitrogens is 6. The molecule has 4 aromatic rings. The van der Waals surface area contributed by atoms with E-state index in [0.29, 0.717) is 17.5 Å². The first-order valence-corrected chi connectivity index (χ1v) is 10.8. The lowest BCUT2D eigenvalue weighted by molar-refractivity contribution is -0.116. The molecular formula is C21H21N7OS. The standard InChI is InChI=1S/C21H21N7OS/c1-14-11-15-7-3-5-9-17(15)28(14)20(29)13-30-21-24-23-19(26(21)2)12-27-18-10-6-4-8-16(18)22-25-27/h3-10,14H,11-13H2,1-2H3/t14-/m0/s1. The highest BCUT2D eigenvalue weighted by atomic mass is 32.2. The number of hydrogen-bond acceptors (Lipinski definition) is 6. The van der Waals surface area contributed by atoms with Crippen molar-refractivity contribution < 1.29 is 4.79 Å². The molecule has 30 heavy (non-hydrogen) atoms. The van der Waals surface area contributed by atoms with Crippen LogP contribution >= 0.6 is 11.8 Å². The first kappa shape index (κ1) is 18.8. The third-order valence-electron chi connectivity index (χ3n) is 5.44. The normalized spacial score (nSPS) is 15.7. The van der Waals surface area contributed by atoms with Crippen molar-refractivity contribution in [1.29, 1.82) is 0 Å². The number of para-hydroxylation sites is 2. The predicted octanol–water partition coefficient (Wildman–Crippen LogP) is 2.68. The number of thioether (sulfide) groups is 1. The van der Waals surface area contributed by atoms with Crippen LogP contribution in [0.3, 0.4) is 0 Å². The van der Waals surface area contributed by atoms with Crippen molar-refractivity contribution in [3.8, 4) is 0 Å². The molecule has 1 atom stereocenters. The molecule has 1 aliphatic rings. The summed E-state index contributed by atoms with van der Waals surface area (Å²) in [6.07, 6.45) is 0.895. The van der Waals surface area contributed by atoms with E-state index in [1.54, 1.807) is 0 Å². The number of carbonyl (C=O) groups is 1. The van der Waals surface area contributed by atoms with Crippen molar-refractivity contribution in [3.63, 3.8) is 0 Å². The summed E-state index contributed by atoms with van der Waals surface area (Å²) in [5.41, 5.74) is 4.04. The summed E-state index contributed by atoms with van der Waals surface area (Å²) in [4.78, 5) is 14.8. The molecule has 1 aliphatic heterocycles. The van der Waals surface area contributed by atoms with Gasteiger partial charge in [0.2, 0.25) is 5.91 Å². The van der Waals surface area contributed by atoms with Crippen molar-refractivity contribution in [3.05, 3.63) is 59.9 Å². The molecule has 5 rings (SSSR count). The number of fused-ring (bicyclic) bond motifs is 2. The van der Waals surface area contributed by atoms with Gasteiger partial charge in [0.05, 0.1) is 11.3 Å². The fraction of sp³-hybridized carbons (Fsp3) is 0.286. The molecule has 152 valence electrons. The Hall–Kier alpha value is -3.20. The Labute approximate surface area is 177 Å². The number of nitrogens with zero attached hydrogens (tertiary/aromatic N) is 7. The largest absolute Gasteiger partial charge is 0.308 e. The van der Waals surface area contributed by atoms with Gasteiger partial charge in [0.1, 0.15) is 12.1 Å². The zero-order chi connectivity index (χ0) is 20.7. The molecule has 0 N–H and O–H groups in total. The van der Waals surface area contributed by atoms with Crippen LogP contribution in [0.4, 0.5) is 5.69 Å². The molecule has 0 unspecified atom stereocenters. The zero-order valence-corrected chi connectivity index (χ0v) is 17.6. The van der Waals surface area contributed by atoms with Gasteiger partial charge in [-0.15, -0.1) is 15.3 Å². The average molecular weight is 420 g/mol. The van der Waals surface area contributed by atoms with Gasteiger partial charge in [-0.05, 0) is 37.1 Å². The lowest BCUT2D eigenvalue weighted by atomic mass is 10.1. The van der Waals surface area contributed by atoms with Crippen LogP contribution in [-0.2, 0) is 24.8 Å². The Morgan fingerprint density at radius 3 is 2.80 bits per heavy atom. The van der Waals surface area contributed by atoms with E-state index in [-0.39, 0.29) is 11.9 Å². The summed E-state index contributed by atoms with van der Waals surface area (Å²) < 4.78 is 3.72. The fourth-order valence-corrected chi connectivity index (χ4v) is 4.71. The summed E-state index contributed by atoms with van der Waals surface area (Å²) in [6, 6.07) is 16.1. The van der Waals surface area contributed by atoms with Crippen molar-refractivity contribution in [1.82, 2.24) is 29.8 Å². The van der Waals surface area contributed by atoms with Crippen LogP contribution in [-0.4, -0.2) is 47.5 Å². The van der Waals surface area contributed by atoms with Crippen LogP contribution < -0.4 is 4.90 Å². The number of rotatable bonds is 5. The Morgan fingerprint density at radius 1 is 1.10 bits per heavy atom. The second-order valence-corrected chi connectivity index (χ2v) is 8.37. The fourth-order valence-electron chi connectivity index (χ4n) is 3.92. The maximum Gasteiger partial charge on any atom is 0.237 e. The molecule has 9 heteroatoms. The Bertz CT molecular complexity index is 1230. The molecule has 0 saturated heterocycles. The Kier molecular flexibility index (Phi) is 4.74. The lowest BCUT2D eigenvalue weighted by Gasteiger charge is -2.22. The second-order valence-electron chi connectivity index (χ2n) is 7.43. The molecule has 2 aromatic heterocycles. The molecule has 3 heterocycles. The van der Waals surface area contributed by atoms with Gasteiger partial charge in [0, 0.05) is 18.8 Å². The summed E-state index contributed by atoms with van der Waals surface area (Å²) in [7, 11) is 1.91. The third kappa shape index (κ3) is 3.24. The number of carbonyl (C=O) groups excluding carboxylic acids is 1. The first-order chi connectivity index (χ1) is 14.6. The molecule has 2 aromatic carbocycles. The topological polar surface area (TPSA) is 81.7 Å². The van der Waals surface area contributed by atoms with Crippen LogP contribution in [0.2, 0.25) is 0 Å². The molecule has 0 radical (unpaired) electrons. The molecular weight excluding hydrogens is 398 g/mol. The quantitative estimate of drug-likeness (QED) is 0.463. The van der Waals surface area contributed by atoms with Gasteiger partial charge in [-0.25, -0.2) is 4.68 Å². The van der Waals surface area contributed by atoms with E-state index in [4.69, 9.17) is 0 Å². The van der Waals surface area contributed by atoms with E-state index in [1.807, 2.05) is 63.7 Å². The smallest absolute Gasteiger partial charge is 0.237 e. The zero-order valence-electron chi connectivity index (χ0n) is 16.8. The minimum absolute atomic E-state index is 0.0873. The maximum atomic E-state index is 12.9. The van der Waals surface area contributed by atoms with Crippen LogP contribution in [0.25, 0.3) is 11.0 Å². The van der Waals surface area contributed by atoms with Crippen molar-refractivity contribution in [2.45, 2.75) is 31.1 Å². The van der Waals surface area contributed by atoms with E-state index >= 15 is 0 Å². The van der Waals surface area contributed by atoms with Crippen LogP contribution in [0.5, 0.6) is 0 Å². The number of anilines is 1. The minimum atomic E-state index is 0.0873. The summed E-state index contributed by atoms with van der Waals surface area (Å²) in [5.74, 6) is 1.17. The Morgan fingerprint density at radius 2 is 1.90 bits per heavy atom. The van der Waals surface area contributed by atoms with Crippen LogP contribution in [0.15, 0.2) is 53.7 Å². The highest BCUT2D eigenvalue weighted by Crippen LogP contribution is 2.32. The SMILES string of the molecule is C[C@H]1Cc2ccccc2N1C(=O)CSc1nnc(Cn2nnc3ccccc32)n1C. The Balaban J connectivity index is 1.29. The highest BCUT2D eigenvalue weighted by Gasteiger charge is 2.30. The average Bonchev–Trinajstić information content (AvgIpc) is 3.42.